The number of hydrogen-bond donors (Lipinski definition) is 1. The second-order valence-corrected chi connectivity index (χ2v) is 7.03. The van der Waals surface area contributed by atoms with Crippen molar-refractivity contribution in [1.29, 1.82) is 0 Å². The number of ether oxygens (including phenoxy) is 3. The van der Waals surface area contributed by atoms with Crippen LogP contribution in [0.3, 0.4) is 0 Å². The maximum Gasteiger partial charge on any atom is 0.331 e. The van der Waals surface area contributed by atoms with Gasteiger partial charge in [0.05, 0.1) is 0 Å². The molecule has 156 valence electrons. The van der Waals surface area contributed by atoms with Crippen molar-refractivity contribution in [2.45, 2.75) is 13.0 Å². The first-order valence-electron chi connectivity index (χ1n) is 9.79. The van der Waals surface area contributed by atoms with Crippen LogP contribution in [-0.4, -0.2) is 18.7 Å². The minimum atomic E-state index is -1.09. The molecule has 0 saturated heterocycles. The van der Waals surface area contributed by atoms with Gasteiger partial charge in [-0.2, -0.15) is 0 Å². The van der Waals surface area contributed by atoms with Crippen molar-refractivity contribution in [3.63, 3.8) is 0 Å². The Hall–Kier alpha value is -4.06. The van der Waals surface area contributed by atoms with Crippen molar-refractivity contribution in [2.75, 3.05) is 12.1 Å². The van der Waals surface area contributed by atoms with E-state index < -0.39 is 18.0 Å². The number of carbonyl (C=O) groups excluding carboxylic acids is 2. The lowest BCUT2D eigenvalue weighted by atomic mass is 10.1. The van der Waals surface area contributed by atoms with Crippen LogP contribution in [0.4, 0.5) is 5.69 Å². The van der Waals surface area contributed by atoms with E-state index in [1.807, 2.05) is 25.1 Å². The highest BCUT2D eigenvalue weighted by atomic mass is 16.7. The molecule has 1 aliphatic heterocycles. The maximum absolute atomic E-state index is 12.9. The normalized spacial score (nSPS) is 13.1. The molecule has 1 heterocycles. The van der Waals surface area contributed by atoms with E-state index in [1.54, 1.807) is 60.7 Å². The van der Waals surface area contributed by atoms with Crippen LogP contribution in [0.25, 0.3) is 6.08 Å². The van der Waals surface area contributed by atoms with E-state index in [9.17, 15) is 9.59 Å². The molecule has 1 atom stereocenters. The fraction of sp³-hybridized carbons (Fsp3) is 0.120. The number of carbonyl (C=O) groups is 2. The fourth-order valence-electron chi connectivity index (χ4n) is 3.08. The highest BCUT2D eigenvalue weighted by Crippen LogP contribution is 2.32. The zero-order valence-corrected chi connectivity index (χ0v) is 16.9. The van der Waals surface area contributed by atoms with Crippen LogP contribution in [0.15, 0.2) is 78.9 Å². The quantitative estimate of drug-likeness (QED) is 0.468. The molecule has 0 saturated carbocycles. The molecule has 0 fully saturated rings. The summed E-state index contributed by atoms with van der Waals surface area (Å²) in [6.07, 6.45) is 1.80. The Balaban J connectivity index is 1.48. The van der Waals surface area contributed by atoms with Gasteiger partial charge in [0.2, 0.25) is 12.9 Å². The number of aryl methyl sites for hydroxylation is 1. The van der Waals surface area contributed by atoms with Gasteiger partial charge >= 0.3 is 5.97 Å². The fourth-order valence-corrected chi connectivity index (χ4v) is 3.08. The summed E-state index contributed by atoms with van der Waals surface area (Å²) < 4.78 is 16.1. The van der Waals surface area contributed by atoms with E-state index in [2.05, 4.69) is 5.32 Å². The second-order valence-electron chi connectivity index (χ2n) is 7.03. The molecular formula is C25H21NO5. The predicted octanol–water partition coefficient (Wildman–Crippen LogP) is 4.66. The number of rotatable bonds is 6. The van der Waals surface area contributed by atoms with Gasteiger partial charge in [0.25, 0.3) is 5.91 Å². The summed E-state index contributed by atoms with van der Waals surface area (Å²) in [4.78, 5) is 25.4. The Kier molecular flexibility index (Phi) is 5.98. The number of anilines is 1. The molecule has 31 heavy (non-hydrogen) atoms. The average molecular weight is 415 g/mol. The largest absolute Gasteiger partial charge is 0.454 e. The van der Waals surface area contributed by atoms with Crippen LogP contribution in [0.2, 0.25) is 0 Å². The van der Waals surface area contributed by atoms with Crippen LogP contribution in [0.1, 0.15) is 22.8 Å². The molecule has 0 bridgehead atoms. The number of amides is 1. The van der Waals surface area contributed by atoms with Gasteiger partial charge in [0, 0.05) is 17.3 Å². The molecule has 1 unspecified atom stereocenters. The lowest BCUT2D eigenvalue weighted by Gasteiger charge is -2.17. The minimum Gasteiger partial charge on any atom is -0.454 e. The second kappa shape index (κ2) is 9.17. The predicted molar refractivity (Wildman–Crippen MR) is 117 cm³/mol. The molecule has 0 aliphatic carbocycles. The van der Waals surface area contributed by atoms with E-state index in [-0.39, 0.29) is 6.79 Å². The van der Waals surface area contributed by atoms with Crippen LogP contribution in [0, 0.1) is 6.92 Å². The first kappa shape index (κ1) is 20.2. The third-order valence-electron chi connectivity index (χ3n) is 4.70. The number of esters is 1. The standard InChI is InChI=1S/C25H21NO5/c1-17-7-11-20(12-8-17)26-25(28)24(19-5-3-2-4-6-19)31-23(27)14-10-18-9-13-21-22(15-18)30-16-29-21/h2-15,24H,16H2,1H3,(H,26,28)/b14-10+. The number of fused-ring (bicyclic) bond motifs is 1. The molecule has 4 rings (SSSR count). The highest BCUT2D eigenvalue weighted by Gasteiger charge is 2.24. The van der Waals surface area contributed by atoms with Gasteiger partial charge in [0.1, 0.15) is 0 Å². The summed E-state index contributed by atoms with van der Waals surface area (Å²) in [7, 11) is 0. The molecule has 0 radical (unpaired) electrons. The first-order valence-corrected chi connectivity index (χ1v) is 9.79. The van der Waals surface area contributed by atoms with Crippen molar-refractivity contribution in [2.24, 2.45) is 0 Å². The van der Waals surface area contributed by atoms with Crippen molar-refractivity contribution in [1.82, 2.24) is 0 Å². The molecule has 1 amide bonds. The zero-order chi connectivity index (χ0) is 21.6. The van der Waals surface area contributed by atoms with Gasteiger partial charge in [-0.05, 0) is 42.8 Å². The van der Waals surface area contributed by atoms with Crippen molar-refractivity contribution < 1.29 is 23.8 Å². The first-order chi connectivity index (χ1) is 15.1. The lowest BCUT2D eigenvalue weighted by Crippen LogP contribution is -2.25. The Morgan fingerprint density at radius 3 is 2.48 bits per heavy atom. The Morgan fingerprint density at radius 2 is 1.71 bits per heavy atom. The van der Waals surface area contributed by atoms with E-state index in [0.29, 0.717) is 22.7 Å². The Morgan fingerprint density at radius 1 is 0.968 bits per heavy atom. The van der Waals surface area contributed by atoms with Crippen LogP contribution < -0.4 is 14.8 Å². The molecule has 6 nitrogen and oxygen atoms in total. The average Bonchev–Trinajstić information content (AvgIpc) is 3.26. The minimum absolute atomic E-state index is 0.180. The highest BCUT2D eigenvalue weighted by molar-refractivity contribution is 5.97. The molecule has 1 N–H and O–H groups in total. The van der Waals surface area contributed by atoms with Gasteiger partial charge in [-0.15, -0.1) is 0 Å². The van der Waals surface area contributed by atoms with Gasteiger partial charge in [-0.1, -0.05) is 54.1 Å². The molecular weight excluding hydrogens is 394 g/mol. The molecule has 1 aliphatic rings. The smallest absolute Gasteiger partial charge is 0.331 e. The van der Waals surface area contributed by atoms with E-state index >= 15 is 0 Å². The van der Waals surface area contributed by atoms with Crippen molar-refractivity contribution >= 4 is 23.6 Å². The molecule has 3 aromatic rings. The summed E-state index contributed by atoms with van der Waals surface area (Å²) >= 11 is 0. The maximum atomic E-state index is 12.9. The van der Waals surface area contributed by atoms with E-state index in [0.717, 1.165) is 11.1 Å². The Bertz CT molecular complexity index is 1110. The van der Waals surface area contributed by atoms with E-state index in [1.165, 1.54) is 6.08 Å². The zero-order valence-electron chi connectivity index (χ0n) is 16.9. The van der Waals surface area contributed by atoms with Crippen LogP contribution >= 0.6 is 0 Å². The summed E-state index contributed by atoms with van der Waals surface area (Å²) in [5, 5.41) is 2.80. The van der Waals surface area contributed by atoms with Gasteiger partial charge in [-0.3, -0.25) is 4.79 Å². The number of hydrogen-bond acceptors (Lipinski definition) is 5. The molecule has 0 spiro atoms. The third-order valence-corrected chi connectivity index (χ3v) is 4.70. The number of nitrogens with one attached hydrogen (secondary N) is 1. The third kappa shape index (κ3) is 5.11. The van der Waals surface area contributed by atoms with Gasteiger partial charge in [0.15, 0.2) is 11.5 Å². The summed E-state index contributed by atoms with van der Waals surface area (Å²) in [5.74, 6) is 0.220. The SMILES string of the molecule is Cc1ccc(NC(=O)C(OC(=O)/C=C/c2ccc3c(c2)OCO3)c2ccccc2)cc1. The lowest BCUT2D eigenvalue weighted by molar-refractivity contribution is -0.149. The Labute approximate surface area is 180 Å². The topological polar surface area (TPSA) is 73.9 Å². The molecule has 6 heteroatoms. The van der Waals surface area contributed by atoms with Crippen LogP contribution in [0.5, 0.6) is 11.5 Å². The summed E-state index contributed by atoms with van der Waals surface area (Å²) in [5.41, 5.74) is 3.04. The van der Waals surface area contributed by atoms with Crippen LogP contribution in [-0.2, 0) is 14.3 Å². The van der Waals surface area contributed by atoms with Crippen molar-refractivity contribution in [3.05, 3.63) is 95.6 Å². The summed E-state index contributed by atoms with van der Waals surface area (Å²) in [6.45, 7) is 2.14. The van der Waals surface area contributed by atoms with E-state index in [4.69, 9.17) is 14.2 Å². The van der Waals surface area contributed by atoms with Gasteiger partial charge < -0.3 is 19.5 Å². The molecule has 3 aromatic carbocycles. The summed E-state index contributed by atoms with van der Waals surface area (Å²) in [6, 6.07) is 21.6. The molecule has 0 aromatic heterocycles. The van der Waals surface area contributed by atoms with Crippen molar-refractivity contribution in [3.8, 4) is 11.5 Å². The monoisotopic (exact) mass is 415 g/mol. The number of benzene rings is 3. The van der Waals surface area contributed by atoms with Gasteiger partial charge in [-0.25, -0.2) is 4.79 Å².